The zero-order valence-electron chi connectivity index (χ0n) is 19.5. The first-order chi connectivity index (χ1) is 15.9. The second-order valence-corrected chi connectivity index (χ2v) is 7.30. The Hall–Kier alpha value is -3.61. The van der Waals surface area contributed by atoms with E-state index in [0.29, 0.717) is 42.3 Å². The van der Waals surface area contributed by atoms with E-state index >= 15 is 0 Å². The molecule has 2 aromatic carbocycles. The third-order valence-corrected chi connectivity index (χ3v) is 4.79. The third kappa shape index (κ3) is 8.44. The number of rotatable bonds is 12. The van der Waals surface area contributed by atoms with Gasteiger partial charge in [0.15, 0.2) is 28.8 Å². The number of ketones is 1. The highest BCUT2D eigenvalue weighted by atomic mass is 16.6. The normalized spacial score (nSPS) is 10.7. The molecule has 0 unspecified atom stereocenters. The van der Waals surface area contributed by atoms with Crippen molar-refractivity contribution in [2.75, 3.05) is 14.2 Å². The van der Waals surface area contributed by atoms with Crippen molar-refractivity contribution in [3.63, 3.8) is 0 Å². The van der Waals surface area contributed by atoms with E-state index in [4.69, 9.17) is 18.9 Å². The average molecular weight is 455 g/mol. The lowest BCUT2D eigenvalue weighted by Gasteiger charge is -2.10. The summed E-state index contributed by atoms with van der Waals surface area (Å²) in [5.74, 6) is 1.00. The molecule has 2 rings (SSSR count). The maximum absolute atomic E-state index is 12.2. The molecule has 2 aromatic rings. The maximum Gasteiger partial charge on any atom is 0.311 e. The standard InChI is InChI=1S/C26H30O7/c1-5-26(29)33-23-15-12-20(17-25(23)31-4)10-13-21(28)9-7-6-8-19-11-14-22(32-18(2)27)24(16-19)30-3/h7,9,11-12,14-17H,5-6,8,10,13H2,1-4H3/b9-7+. The Labute approximate surface area is 194 Å². The molecule has 0 heterocycles. The first-order valence-electron chi connectivity index (χ1n) is 10.8. The number of esters is 2. The molecule has 0 N–H and O–H groups in total. The Balaban J connectivity index is 1.84. The first kappa shape index (κ1) is 25.6. The molecule has 176 valence electrons. The number of hydrogen-bond acceptors (Lipinski definition) is 7. The largest absolute Gasteiger partial charge is 0.493 e. The second-order valence-electron chi connectivity index (χ2n) is 7.30. The fraction of sp³-hybridized carbons (Fsp3) is 0.346. The van der Waals surface area contributed by atoms with Crippen molar-refractivity contribution in [2.24, 2.45) is 0 Å². The molecule has 0 amide bonds. The lowest BCUT2D eigenvalue weighted by molar-refractivity contribution is -0.134. The van der Waals surface area contributed by atoms with Crippen molar-refractivity contribution in [3.8, 4) is 23.0 Å². The van der Waals surface area contributed by atoms with E-state index in [0.717, 1.165) is 17.5 Å². The van der Waals surface area contributed by atoms with Crippen LogP contribution in [0.4, 0.5) is 0 Å². The van der Waals surface area contributed by atoms with Crippen LogP contribution in [0.15, 0.2) is 48.6 Å². The number of carbonyl (C=O) groups is 3. The van der Waals surface area contributed by atoms with Crippen LogP contribution < -0.4 is 18.9 Å². The van der Waals surface area contributed by atoms with Gasteiger partial charge < -0.3 is 18.9 Å². The molecule has 7 nitrogen and oxygen atoms in total. The molecule has 7 heteroatoms. The Bertz CT molecular complexity index is 1010. The molecular formula is C26H30O7. The van der Waals surface area contributed by atoms with E-state index in [1.807, 2.05) is 24.3 Å². The zero-order valence-corrected chi connectivity index (χ0v) is 19.5. The van der Waals surface area contributed by atoms with Gasteiger partial charge in [-0.25, -0.2) is 0 Å². The van der Waals surface area contributed by atoms with Crippen molar-refractivity contribution in [1.29, 1.82) is 0 Å². The van der Waals surface area contributed by atoms with Gasteiger partial charge in [-0.3, -0.25) is 14.4 Å². The zero-order chi connectivity index (χ0) is 24.2. The maximum atomic E-state index is 12.2. The van der Waals surface area contributed by atoms with Gasteiger partial charge in [0.05, 0.1) is 14.2 Å². The van der Waals surface area contributed by atoms with Crippen molar-refractivity contribution < 1.29 is 33.3 Å². The number of allylic oxidation sites excluding steroid dienone is 2. The summed E-state index contributed by atoms with van der Waals surface area (Å²) in [6.07, 6.45) is 6.04. The molecular weight excluding hydrogens is 424 g/mol. The van der Waals surface area contributed by atoms with Crippen LogP contribution in [0.3, 0.4) is 0 Å². The molecule has 0 bridgehead atoms. The Kier molecular flexibility index (Phi) is 10.1. The van der Waals surface area contributed by atoms with Gasteiger partial charge in [0.1, 0.15) is 0 Å². The minimum absolute atomic E-state index is 0.0261. The quantitative estimate of drug-likeness (QED) is 0.262. The Morgan fingerprint density at radius 1 is 0.818 bits per heavy atom. The van der Waals surface area contributed by atoms with Crippen molar-refractivity contribution in [1.82, 2.24) is 0 Å². The van der Waals surface area contributed by atoms with Crippen LogP contribution in [0.2, 0.25) is 0 Å². The predicted molar refractivity (Wildman–Crippen MR) is 124 cm³/mol. The average Bonchev–Trinajstić information content (AvgIpc) is 2.81. The van der Waals surface area contributed by atoms with E-state index in [2.05, 4.69) is 0 Å². The van der Waals surface area contributed by atoms with Gasteiger partial charge in [-0.15, -0.1) is 0 Å². The van der Waals surface area contributed by atoms with Gasteiger partial charge in [0.25, 0.3) is 0 Å². The number of benzene rings is 2. The molecule has 0 spiro atoms. The fourth-order valence-corrected chi connectivity index (χ4v) is 3.07. The summed E-state index contributed by atoms with van der Waals surface area (Å²) < 4.78 is 20.9. The van der Waals surface area contributed by atoms with Gasteiger partial charge in [0, 0.05) is 19.8 Å². The monoisotopic (exact) mass is 454 g/mol. The molecule has 0 aliphatic carbocycles. The topological polar surface area (TPSA) is 88.1 Å². The molecule has 0 saturated carbocycles. The van der Waals surface area contributed by atoms with Crippen LogP contribution in [-0.2, 0) is 27.2 Å². The summed E-state index contributed by atoms with van der Waals surface area (Å²) in [6.45, 7) is 3.06. The lowest BCUT2D eigenvalue weighted by Crippen LogP contribution is -2.07. The van der Waals surface area contributed by atoms with E-state index < -0.39 is 5.97 Å². The molecule has 0 radical (unpaired) electrons. The van der Waals surface area contributed by atoms with Crippen LogP contribution in [0.25, 0.3) is 0 Å². The Morgan fingerprint density at radius 3 is 1.94 bits per heavy atom. The molecule has 0 saturated heterocycles. The number of aryl methyl sites for hydroxylation is 2. The molecule has 0 aromatic heterocycles. The number of ether oxygens (including phenoxy) is 4. The van der Waals surface area contributed by atoms with Crippen LogP contribution in [0.1, 0.15) is 44.2 Å². The summed E-state index contributed by atoms with van der Waals surface area (Å²) in [4.78, 5) is 34.9. The molecule has 0 aliphatic rings. The van der Waals surface area contributed by atoms with Gasteiger partial charge in [-0.2, -0.15) is 0 Å². The van der Waals surface area contributed by atoms with Gasteiger partial charge in [-0.1, -0.05) is 25.1 Å². The molecule has 0 atom stereocenters. The molecule has 0 aliphatic heterocycles. The summed E-state index contributed by atoms with van der Waals surface area (Å²) in [7, 11) is 3.03. The van der Waals surface area contributed by atoms with E-state index in [1.165, 1.54) is 21.1 Å². The highest BCUT2D eigenvalue weighted by Gasteiger charge is 2.10. The Morgan fingerprint density at radius 2 is 1.39 bits per heavy atom. The summed E-state index contributed by atoms with van der Waals surface area (Å²) >= 11 is 0. The van der Waals surface area contributed by atoms with Crippen LogP contribution in [0.5, 0.6) is 23.0 Å². The van der Waals surface area contributed by atoms with Crippen LogP contribution >= 0.6 is 0 Å². The first-order valence-corrected chi connectivity index (χ1v) is 10.8. The van der Waals surface area contributed by atoms with E-state index in [-0.39, 0.29) is 18.2 Å². The minimum Gasteiger partial charge on any atom is -0.493 e. The summed E-state index contributed by atoms with van der Waals surface area (Å²) in [5, 5.41) is 0. The number of hydrogen-bond donors (Lipinski definition) is 0. The van der Waals surface area contributed by atoms with Crippen molar-refractivity contribution >= 4 is 17.7 Å². The van der Waals surface area contributed by atoms with Crippen molar-refractivity contribution in [3.05, 3.63) is 59.7 Å². The third-order valence-electron chi connectivity index (χ3n) is 4.79. The number of methoxy groups -OCH3 is 2. The van der Waals surface area contributed by atoms with Gasteiger partial charge >= 0.3 is 11.9 Å². The summed E-state index contributed by atoms with van der Waals surface area (Å²) in [5.41, 5.74) is 1.93. The molecule has 33 heavy (non-hydrogen) atoms. The highest BCUT2D eigenvalue weighted by Crippen LogP contribution is 2.30. The lowest BCUT2D eigenvalue weighted by atomic mass is 10.1. The summed E-state index contributed by atoms with van der Waals surface area (Å²) in [6, 6.07) is 10.7. The van der Waals surface area contributed by atoms with E-state index in [1.54, 1.807) is 31.2 Å². The SMILES string of the molecule is CCC(=O)Oc1ccc(CCC(=O)/C=C/CCc2ccc(OC(C)=O)c(OC)c2)cc1OC. The van der Waals surface area contributed by atoms with E-state index in [9.17, 15) is 14.4 Å². The van der Waals surface area contributed by atoms with Crippen LogP contribution in [-0.4, -0.2) is 31.9 Å². The van der Waals surface area contributed by atoms with Crippen LogP contribution in [0, 0.1) is 0 Å². The van der Waals surface area contributed by atoms with Crippen molar-refractivity contribution in [2.45, 2.75) is 46.0 Å². The van der Waals surface area contributed by atoms with Gasteiger partial charge in [0.2, 0.25) is 0 Å². The number of carbonyl (C=O) groups excluding carboxylic acids is 3. The smallest absolute Gasteiger partial charge is 0.311 e. The highest BCUT2D eigenvalue weighted by molar-refractivity contribution is 5.89. The minimum atomic E-state index is -0.406. The second kappa shape index (κ2) is 13.1. The fourth-order valence-electron chi connectivity index (χ4n) is 3.07. The van der Waals surface area contributed by atoms with Gasteiger partial charge in [-0.05, 0) is 60.7 Å². The molecule has 0 fully saturated rings. The predicted octanol–water partition coefficient (Wildman–Crippen LogP) is 4.64.